The number of rotatable bonds is 19. The van der Waals surface area contributed by atoms with Gasteiger partial charge in [0.25, 0.3) is 0 Å². The van der Waals surface area contributed by atoms with Crippen LogP contribution in [-0.2, 0) is 38.1 Å². The van der Waals surface area contributed by atoms with Gasteiger partial charge in [-0.05, 0) is 30.3 Å². The minimum Gasteiger partial charge on any atom is -0.496 e. The number of hydrogen-bond acceptors (Lipinski definition) is 12. The highest BCUT2D eigenvalue weighted by molar-refractivity contribution is 6.12. The SMILES string of the molecule is C=CC(=O)OCC(COc1ccc(OCC(COC(=O)C=C)OC(=O)C=C)c(C(=O)c2ccccc2OC)c1)OC(=O)C=C. The van der Waals surface area contributed by atoms with Crippen molar-refractivity contribution in [2.75, 3.05) is 33.5 Å². The van der Waals surface area contributed by atoms with E-state index >= 15 is 0 Å². The van der Waals surface area contributed by atoms with E-state index in [9.17, 15) is 24.0 Å². The van der Waals surface area contributed by atoms with E-state index < -0.39 is 41.9 Å². The number of methoxy groups -OCH3 is 1. The maximum Gasteiger partial charge on any atom is 0.330 e. The second-order valence-corrected chi connectivity index (χ2v) is 8.50. The summed E-state index contributed by atoms with van der Waals surface area (Å²) >= 11 is 0. The third-order valence-electron chi connectivity index (χ3n) is 5.46. The van der Waals surface area contributed by atoms with Crippen molar-refractivity contribution in [1.29, 1.82) is 0 Å². The van der Waals surface area contributed by atoms with Gasteiger partial charge in [0.05, 0.1) is 18.2 Å². The van der Waals surface area contributed by atoms with Gasteiger partial charge in [-0.3, -0.25) is 4.79 Å². The van der Waals surface area contributed by atoms with Gasteiger partial charge in [0.15, 0.2) is 12.2 Å². The lowest BCUT2D eigenvalue weighted by Crippen LogP contribution is -2.30. The number of para-hydroxylation sites is 1. The Kier molecular flexibility index (Phi) is 14.1. The van der Waals surface area contributed by atoms with Crippen LogP contribution in [0.3, 0.4) is 0 Å². The van der Waals surface area contributed by atoms with Crippen LogP contribution in [-0.4, -0.2) is 75.4 Å². The molecule has 2 aromatic rings. The molecule has 0 fully saturated rings. The molecular weight excluding hydrogens is 576 g/mol. The van der Waals surface area contributed by atoms with Gasteiger partial charge in [-0.25, -0.2) is 19.2 Å². The van der Waals surface area contributed by atoms with Crippen molar-refractivity contribution in [2.45, 2.75) is 12.2 Å². The van der Waals surface area contributed by atoms with Crippen molar-refractivity contribution in [1.82, 2.24) is 0 Å². The average molecular weight is 609 g/mol. The van der Waals surface area contributed by atoms with E-state index in [1.54, 1.807) is 24.3 Å². The monoisotopic (exact) mass is 608 g/mol. The molecule has 0 aliphatic rings. The van der Waals surface area contributed by atoms with Crippen LogP contribution in [0, 0.1) is 0 Å². The Labute approximate surface area is 254 Å². The van der Waals surface area contributed by atoms with E-state index in [1.807, 2.05) is 0 Å². The quantitative estimate of drug-likeness (QED) is 0.0996. The number of ketones is 1. The predicted molar refractivity (Wildman–Crippen MR) is 156 cm³/mol. The van der Waals surface area contributed by atoms with Crippen LogP contribution >= 0.6 is 0 Å². The first-order valence-electron chi connectivity index (χ1n) is 13.0. The number of carbonyl (C=O) groups excluding carboxylic acids is 5. The fraction of sp³-hybridized carbons (Fsp3) is 0.219. The van der Waals surface area contributed by atoms with Crippen molar-refractivity contribution in [3.63, 3.8) is 0 Å². The van der Waals surface area contributed by atoms with Gasteiger partial charge in [0.2, 0.25) is 5.78 Å². The molecule has 0 radical (unpaired) electrons. The lowest BCUT2D eigenvalue weighted by molar-refractivity contribution is -0.154. The molecule has 0 aromatic heterocycles. The van der Waals surface area contributed by atoms with Gasteiger partial charge in [-0.2, -0.15) is 0 Å². The maximum atomic E-state index is 13.7. The van der Waals surface area contributed by atoms with Crippen LogP contribution in [0.25, 0.3) is 0 Å². The molecule has 44 heavy (non-hydrogen) atoms. The molecule has 0 aliphatic heterocycles. The van der Waals surface area contributed by atoms with Crippen LogP contribution < -0.4 is 14.2 Å². The zero-order chi connectivity index (χ0) is 32.5. The number of benzene rings is 2. The molecule has 0 N–H and O–H groups in total. The molecule has 232 valence electrons. The molecule has 2 unspecified atom stereocenters. The number of esters is 4. The van der Waals surface area contributed by atoms with Gasteiger partial charge in [0, 0.05) is 24.3 Å². The van der Waals surface area contributed by atoms with Gasteiger partial charge >= 0.3 is 23.9 Å². The first-order valence-corrected chi connectivity index (χ1v) is 13.0. The minimum atomic E-state index is -1.06. The van der Waals surface area contributed by atoms with Crippen molar-refractivity contribution >= 4 is 29.7 Å². The lowest BCUT2D eigenvalue weighted by atomic mass is 10.0. The maximum absolute atomic E-state index is 13.7. The minimum absolute atomic E-state index is 0.0293. The topological polar surface area (TPSA) is 150 Å². The molecule has 2 rings (SSSR count). The van der Waals surface area contributed by atoms with Gasteiger partial charge in [-0.1, -0.05) is 38.4 Å². The van der Waals surface area contributed by atoms with E-state index in [1.165, 1.54) is 25.3 Å². The third kappa shape index (κ3) is 11.0. The van der Waals surface area contributed by atoms with Crippen molar-refractivity contribution in [2.24, 2.45) is 0 Å². The van der Waals surface area contributed by atoms with Gasteiger partial charge < -0.3 is 33.2 Å². The largest absolute Gasteiger partial charge is 0.496 e. The molecule has 0 heterocycles. The van der Waals surface area contributed by atoms with E-state index in [0.717, 1.165) is 24.3 Å². The normalized spacial score (nSPS) is 11.4. The van der Waals surface area contributed by atoms with Crippen molar-refractivity contribution < 1.29 is 57.1 Å². The third-order valence-corrected chi connectivity index (χ3v) is 5.46. The second kappa shape index (κ2) is 18.0. The van der Waals surface area contributed by atoms with E-state index in [0.29, 0.717) is 5.75 Å². The number of ether oxygens (including phenoxy) is 7. The lowest BCUT2D eigenvalue weighted by Gasteiger charge is -2.20. The Morgan fingerprint density at radius 3 is 1.68 bits per heavy atom. The molecule has 12 nitrogen and oxygen atoms in total. The van der Waals surface area contributed by atoms with Crippen molar-refractivity contribution in [3.8, 4) is 17.2 Å². The Bertz CT molecular complexity index is 1390. The van der Waals surface area contributed by atoms with E-state index in [-0.39, 0.29) is 49.1 Å². The van der Waals surface area contributed by atoms with Gasteiger partial charge in [0.1, 0.15) is 43.7 Å². The summed E-state index contributed by atoms with van der Waals surface area (Å²) in [5.41, 5.74) is 0.238. The summed E-state index contributed by atoms with van der Waals surface area (Å²) in [5.74, 6) is -3.00. The molecule has 0 spiro atoms. The number of carbonyl (C=O) groups is 5. The summed E-state index contributed by atoms with van der Waals surface area (Å²) in [5, 5.41) is 0. The summed E-state index contributed by atoms with van der Waals surface area (Å²) in [6.45, 7) is 12.0. The fourth-order valence-electron chi connectivity index (χ4n) is 3.38. The highest BCUT2D eigenvalue weighted by atomic mass is 16.6. The predicted octanol–water partition coefficient (Wildman–Crippen LogP) is 3.34. The molecule has 0 saturated heterocycles. The van der Waals surface area contributed by atoms with Crippen LogP contribution in [0.5, 0.6) is 17.2 Å². The first-order chi connectivity index (χ1) is 21.1. The smallest absolute Gasteiger partial charge is 0.330 e. The van der Waals surface area contributed by atoms with Crippen LogP contribution in [0.2, 0.25) is 0 Å². The zero-order valence-corrected chi connectivity index (χ0v) is 24.1. The molecule has 0 aliphatic carbocycles. The fourth-order valence-corrected chi connectivity index (χ4v) is 3.38. The molecule has 12 heteroatoms. The highest BCUT2D eigenvalue weighted by Gasteiger charge is 2.23. The van der Waals surface area contributed by atoms with E-state index in [4.69, 9.17) is 33.2 Å². The Morgan fingerprint density at radius 2 is 1.16 bits per heavy atom. The summed E-state index contributed by atoms with van der Waals surface area (Å²) in [6, 6.07) is 10.8. The molecular formula is C32H32O12. The summed E-state index contributed by atoms with van der Waals surface area (Å²) in [4.78, 5) is 60.4. The van der Waals surface area contributed by atoms with Crippen molar-refractivity contribution in [3.05, 3.63) is 104 Å². The van der Waals surface area contributed by atoms with Crippen LogP contribution in [0.4, 0.5) is 0 Å². The Balaban J connectivity index is 2.38. The van der Waals surface area contributed by atoms with Crippen LogP contribution in [0.15, 0.2) is 93.1 Å². The molecule has 2 aromatic carbocycles. The summed E-state index contributed by atoms with van der Waals surface area (Å²) in [6.07, 6.45) is 1.69. The van der Waals surface area contributed by atoms with E-state index in [2.05, 4.69) is 26.3 Å². The molecule has 0 bridgehead atoms. The molecule has 2 atom stereocenters. The highest BCUT2D eigenvalue weighted by Crippen LogP contribution is 2.30. The Hall–Kier alpha value is -5.65. The molecule has 0 saturated carbocycles. The number of hydrogen-bond donors (Lipinski definition) is 0. The standard InChI is InChI=1S/C32H32O12/c1-6-28(33)41-19-22(43-30(35)8-3)17-39-21-14-15-27(25(16-21)32(37)24-12-10-11-13-26(24)38-5)40-18-23(44-31(36)9-4)20-42-29(34)7-2/h6-16,22-23H,1-4,17-20H2,5H3. The zero-order valence-electron chi connectivity index (χ0n) is 24.1. The average Bonchev–Trinajstić information content (AvgIpc) is 3.06. The summed E-state index contributed by atoms with van der Waals surface area (Å²) in [7, 11) is 1.41. The second-order valence-electron chi connectivity index (χ2n) is 8.50. The van der Waals surface area contributed by atoms with Crippen LogP contribution in [0.1, 0.15) is 15.9 Å². The molecule has 0 amide bonds. The first kappa shape index (κ1) is 34.6. The Morgan fingerprint density at radius 1 is 0.636 bits per heavy atom. The summed E-state index contributed by atoms with van der Waals surface area (Å²) < 4.78 is 37.3. The van der Waals surface area contributed by atoms with Gasteiger partial charge in [-0.15, -0.1) is 0 Å².